The van der Waals surface area contributed by atoms with Crippen LogP contribution in [0.4, 0.5) is 0 Å². The third kappa shape index (κ3) is 3.47. The molecule has 1 saturated heterocycles. The monoisotopic (exact) mass is 301 g/mol. The molecule has 0 amide bonds. The molecule has 108 valence electrons. The van der Waals surface area contributed by atoms with Gasteiger partial charge in [-0.1, -0.05) is 25.4 Å². The summed E-state index contributed by atoms with van der Waals surface area (Å²) in [6, 6.07) is 0.626. The first kappa shape index (κ1) is 15.2. The van der Waals surface area contributed by atoms with Crippen LogP contribution in [0.25, 0.3) is 0 Å². The van der Waals surface area contributed by atoms with Crippen molar-refractivity contribution in [2.24, 2.45) is 13.0 Å². The largest absolute Gasteiger partial charge is 0.313 e. The topological polar surface area (TPSA) is 29.9 Å². The lowest BCUT2D eigenvalue weighted by Crippen LogP contribution is -2.37. The summed E-state index contributed by atoms with van der Waals surface area (Å²) in [6.07, 6.45) is 3.14. The molecule has 1 aliphatic rings. The Morgan fingerprint density at radius 2 is 2.21 bits per heavy atom. The average Bonchev–Trinajstić information content (AvgIpc) is 2.95. The lowest BCUT2D eigenvalue weighted by molar-refractivity contribution is 0.417. The van der Waals surface area contributed by atoms with Crippen molar-refractivity contribution in [2.75, 3.05) is 18.1 Å². The van der Waals surface area contributed by atoms with E-state index in [0.717, 1.165) is 30.1 Å². The van der Waals surface area contributed by atoms with Crippen LogP contribution < -0.4 is 5.32 Å². The molecule has 2 unspecified atom stereocenters. The van der Waals surface area contributed by atoms with E-state index in [0.29, 0.717) is 12.0 Å². The Hall–Kier alpha value is -0.190. The molecule has 0 saturated carbocycles. The molecule has 1 aromatic heterocycles. The lowest BCUT2D eigenvalue weighted by atomic mass is 9.97. The van der Waals surface area contributed by atoms with Gasteiger partial charge in [-0.2, -0.15) is 16.9 Å². The van der Waals surface area contributed by atoms with Crippen molar-refractivity contribution < 1.29 is 0 Å². The van der Waals surface area contributed by atoms with Gasteiger partial charge in [0.05, 0.1) is 16.4 Å². The molecule has 1 aromatic rings. The summed E-state index contributed by atoms with van der Waals surface area (Å²) >= 11 is 8.50. The summed E-state index contributed by atoms with van der Waals surface area (Å²) in [7, 11) is 2.01. The Balaban J connectivity index is 2.05. The van der Waals surface area contributed by atoms with E-state index in [1.807, 2.05) is 23.5 Å². The minimum atomic E-state index is 0.626. The molecule has 2 rings (SSSR count). The Morgan fingerprint density at radius 3 is 2.84 bits per heavy atom. The van der Waals surface area contributed by atoms with Gasteiger partial charge in [0.15, 0.2) is 0 Å². The zero-order chi connectivity index (χ0) is 13.8. The van der Waals surface area contributed by atoms with Gasteiger partial charge < -0.3 is 5.32 Å². The molecule has 0 radical (unpaired) electrons. The third-order valence-electron chi connectivity index (χ3n) is 3.81. The summed E-state index contributed by atoms with van der Waals surface area (Å²) in [5.74, 6) is 3.12. The number of thioether (sulfide) groups is 1. The second kappa shape index (κ2) is 7.00. The van der Waals surface area contributed by atoms with Gasteiger partial charge >= 0.3 is 0 Å². The van der Waals surface area contributed by atoms with Gasteiger partial charge in [0.1, 0.15) is 0 Å². The second-order valence-corrected chi connectivity index (χ2v) is 6.70. The van der Waals surface area contributed by atoms with E-state index < -0.39 is 0 Å². The fraction of sp³-hybridized carbons (Fsp3) is 0.786. The summed E-state index contributed by atoms with van der Waals surface area (Å²) in [6.45, 7) is 5.44. The summed E-state index contributed by atoms with van der Waals surface area (Å²) in [5.41, 5.74) is 2.23. The van der Waals surface area contributed by atoms with Crippen LogP contribution in [0.3, 0.4) is 0 Å². The highest BCUT2D eigenvalue weighted by Gasteiger charge is 2.29. The van der Waals surface area contributed by atoms with Crippen molar-refractivity contribution in [1.82, 2.24) is 15.1 Å². The molecule has 0 aliphatic carbocycles. The van der Waals surface area contributed by atoms with Gasteiger partial charge in [0, 0.05) is 18.8 Å². The van der Waals surface area contributed by atoms with Crippen LogP contribution in [-0.2, 0) is 19.9 Å². The maximum absolute atomic E-state index is 6.45. The van der Waals surface area contributed by atoms with Crippen LogP contribution in [0, 0.1) is 5.92 Å². The number of nitrogens with one attached hydrogen (secondary N) is 1. The minimum absolute atomic E-state index is 0.626. The highest BCUT2D eigenvalue weighted by Crippen LogP contribution is 2.30. The van der Waals surface area contributed by atoms with E-state index in [2.05, 4.69) is 24.3 Å². The summed E-state index contributed by atoms with van der Waals surface area (Å²) < 4.78 is 1.97. The number of hydrogen-bond donors (Lipinski definition) is 1. The molecule has 1 N–H and O–H groups in total. The molecule has 19 heavy (non-hydrogen) atoms. The van der Waals surface area contributed by atoms with E-state index in [1.165, 1.54) is 23.6 Å². The lowest BCUT2D eigenvalue weighted by Gasteiger charge is -2.20. The molecule has 1 aliphatic heterocycles. The van der Waals surface area contributed by atoms with Crippen LogP contribution in [-0.4, -0.2) is 33.9 Å². The van der Waals surface area contributed by atoms with E-state index >= 15 is 0 Å². The smallest absolute Gasteiger partial charge is 0.0849 e. The van der Waals surface area contributed by atoms with E-state index in [9.17, 15) is 0 Å². The van der Waals surface area contributed by atoms with Crippen molar-refractivity contribution in [2.45, 2.75) is 39.2 Å². The molecule has 0 bridgehead atoms. The van der Waals surface area contributed by atoms with Gasteiger partial charge in [-0.05, 0) is 37.5 Å². The number of aromatic nitrogens is 2. The molecule has 0 aromatic carbocycles. The zero-order valence-electron chi connectivity index (χ0n) is 12.1. The minimum Gasteiger partial charge on any atom is -0.313 e. The molecule has 2 atom stereocenters. The first-order valence-corrected chi connectivity index (χ1v) is 8.72. The molecular formula is C14H24ClN3S. The number of hydrogen-bond acceptors (Lipinski definition) is 3. The van der Waals surface area contributed by atoms with Gasteiger partial charge in [-0.3, -0.25) is 4.68 Å². The second-order valence-electron chi connectivity index (χ2n) is 5.25. The van der Waals surface area contributed by atoms with Crippen molar-refractivity contribution in [3.63, 3.8) is 0 Å². The maximum atomic E-state index is 6.45. The molecule has 3 nitrogen and oxygen atoms in total. The molecule has 2 heterocycles. The third-order valence-corrected chi connectivity index (χ3v) is 5.51. The molecule has 1 fully saturated rings. The quantitative estimate of drug-likeness (QED) is 0.876. The maximum Gasteiger partial charge on any atom is 0.0849 e. The molecule has 0 spiro atoms. The summed E-state index contributed by atoms with van der Waals surface area (Å²) in [4.78, 5) is 0. The number of nitrogens with zero attached hydrogens (tertiary/aromatic N) is 2. The van der Waals surface area contributed by atoms with Crippen molar-refractivity contribution in [3.8, 4) is 0 Å². The normalized spacial score (nSPS) is 23.2. The van der Waals surface area contributed by atoms with Crippen LogP contribution in [0.15, 0.2) is 0 Å². The highest BCUT2D eigenvalue weighted by atomic mass is 35.5. The zero-order valence-corrected chi connectivity index (χ0v) is 13.7. The van der Waals surface area contributed by atoms with E-state index in [-0.39, 0.29) is 0 Å². The van der Waals surface area contributed by atoms with Gasteiger partial charge in [0.25, 0.3) is 0 Å². The van der Waals surface area contributed by atoms with Gasteiger partial charge in [0.2, 0.25) is 0 Å². The van der Waals surface area contributed by atoms with Gasteiger partial charge in [-0.25, -0.2) is 0 Å². The fourth-order valence-electron chi connectivity index (χ4n) is 2.65. The van der Waals surface area contributed by atoms with Crippen molar-refractivity contribution >= 4 is 23.4 Å². The number of aryl methyl sites for hydroxylation is 2. The highest BCUT2D eigenvalue weighted by molar-refractivity contribution is 7.99. The van der Waals surface area contributed by atoms with Crippen LogP contribution in [0.1, 0.15) is 31.7 Å². The molecular weight excluding hydrogens is 278 g/mol. The SMILES string of the molecule is CCCNC1CSCC1Cc1c(Cl)c(CC)nn1C. The number of rotatable bonds is 6. The van der Waals surface area contributed by atoms with E-state index in [1.54, 1.807) is 0 Å². The van der Waals surface area contributed by atoms with E-state index in [4.69, 9.17) is 11.6 Å². The number of halogens is 1. The van der Waals surface area contributed by atoms with Crippen LogP contribution in [0.5, 0.6) is 0 Å². The van der Waals surface area contributed by atoms with Gasteiger partial charge in [-0.15, -0.1) is 0 Å². The standard InChI is InChI=1S/C14H24ClN3S/c1-4-6-16-12-9-19-8-10(12)7-13-14(15)11(5-2)17-18(13)3/h10,12,16H,4-9H2,1-3H3. The van der Waals surface area contributed by atoms with Crippen LogP contribution in [0.2, 0.25) is 5.02 Å². The van der Waals surface area contributed by atoms with Crippen molar-refractivity contribution in [1.29, 1.82) is 0 Å². The Kier molecular flexibility index (Phi) is 5.60. The Morgan fingerprint density at radius 1 is 1.42 bits per heavy atom. The predicted molar refractivity (Wildman–Crippen MR) is 84.2 cm³/mol. The fourth-order valence-corrected chi connectivity index (χ4v) is 4.45. The molecule has 5 heteroatoms. The first-order valence-electron chi connectivity index (χ1n) is 7.18. The Labute approximate surface area is 125 Å². The Bertz CT molecular complexity index is 419. The summed E-state index contributed by atoms with van der Waals surface area (Å²) in [5, 5.41) is 9.07. The predicted octanol–water partition coefficient (Wildman–Crippen LogP) is 2.91. The average molecular weight is 302 g/mol. The first-order chi connectivity index (χ1) is 9.17. The van der Waals surface area contributed by atoms with Crippen LogP contribution >= 0.6 is 23.4 Å². The van der Waals surface area contributed by atoms with Crippen molar-refractivity contribution in [3.05, 3.63) is 16.4 Å².